The normalized spacial score (nSPS) is 15.1. The van der Waals surface area contributed by atoms with Gasteiger partial charge in [0.1, 0.15) is 17.3 Å². The first-order valence-corrected chi connectivity index (χ1v) is 9.52. The van der Waals surface area contributed by atoms with Crippen molar-refractivity contribution in [2.75, 3.05) is 0 Å². The average molecular weight is 462 g/mol. The van der Waals surface area contributed by atoms with E-state index in [1.807, 2.05) is 30.3 Å². The number of esters is 1. The summed E-state index contributed by atoms with van der Waals surface area (Å²) in [5.74, 6) is 1.16. The largest absolute Gasteiger partial charge is 0.457 e. The molecule has 0 spiro atoms. The van der Waals surface area contributed by atoms with Crippen molar-refractivity contribution in [3.63, 3.8) is 0 Å². The van der Waals surface area contributed by atoms with Crippen molar-refractivity contribution in [2.45, 2.75) is 0 Å². The highest BCUT2D eigenvalue weighted by Gasteiger charge is 2.22. The average Bonchev–Trinajstić information content (AvgIpc) is 3.26. The summed E-state index contributed by atoms with van der Waals surface area (Å²) in [6.07, 6.45) is 3.33. The maximum atomic E-state index is 12.2. The van der Waals surface area contributed by atoms with Crippen LogP contribution in [0.25, 0.3) is 23.2 Å². The van der Waals surface area contributed by atoms with Crippen molar-refractivity contribution in [3.8, 4) is 11.3 Å². The van der Waals surface area contributed by atoms with Gasteiger partial charge >= 0.3 is 5.97 Å². The molecule has 3 aromatic rings. The van der Waals surface area contributed by atoms with Crippen LogP contribution in [0.15, 0.2) is 75.1 Å². The number of ether oxygens (including phenoxy) is 1. The number of hydrogen-bond acceptors (Lipinski definition) is 3. The van der Waals surface area contributed by atoms with Crippen LogP contribution in [0.5, 0.6) is 0 Å². The fourth-order valence-corrected chi connectivity index (χ4v) is 3.33. The highest BCUT2D eigenvalue weighted by atomic mass is 79.9. The molecule has 2 heterocycles. The molecule has 3 nitrogen and oxygen atoms in total. The van der Waals surface area contributed by atoms with Gasteiger partial charge in [0, 0.05) is 15.6 Å². The third-order valence-electron chi connectivity index (χ3n) is 4.00. The molecule has 0 unspecified atom stereocenters. The zero-order valence-electron chi connectivity index (χ0n) is 13.7. The fourth-order valence-electron chi connectivity index (χ4n) is 2.67. The second kappa shape index (κ2) is 7.39. The van der Waals surface area contributed by atoms with Crippen molar-refractivity contribution in [1.82, 2.24) is 0 Å². The Morgan fingerprint density at radius 3 is 2.52 bits per heavy atom. The third-order valence-corrected chi connectivity index (χ3v) is 5.34. The van der Waals surface area contributed by atoms with Gasteiger partial charge in [-0.2, -0.15) is 0 Å². The first-order chi connectivity index (χ1) is 13.0. The van der Waals surface area contributed by atoms with Crippen molar-refractivity contribution >= 4 is 56.9 Å². The summed E-state index contributed by atoms with van der Waals surface area (Å²) in [5.41, 5.74) is 1.92. The van der Waals surface area contributed by atoms with E-state index < -0.39 is 5.97 Å². The molecule has 0 radical (unpaired) electrons. The molecule has 1 aliphatic rings. The highest BCUT2D eigenvalue weighted by Crippen LogP contribution is 2.35. The van der Waals surface area contributed by atoms with Crippen LogP contribution in [-0.4, -0.2) is 5.97 Å². The Hall–Kier alpha value is -2.27. The van der Waals surface area contributed by atoms with Crippen LogP contribution >= 0.6 is 39.1 Å². The Morgan fingerprint density at radius 2 is 1.74 bits per heavy atom. The van der Waals surface area contributed by atoms with Gasteiger partial charge in [0.2, 0.25) is 0 Å². The second-order valence-corrected chi connectivity index (χ2v) is 7.51. The van der Waals surface area contributed by atoms with Crippen LogP contribution in [0.4, 0.5) is 0 Å². The van der Waals surface area contributed by atoms with E-state index >= 15 is 0 Å². The highest BCUT2D eigenvalue weighted by molar-refractivity contribution is 9.10. The summed E-state index contributed by atoms with van der Waals surface area (Å²) in [7, 11) is 0. The van der Waals surface area contributed by atoms with Crippen LogP contribution in [0.3, 0.4) is 0 Å². The predicted molar refractivity (Wildman–Crippen MR) is 110 cm³/mol. The van der Waals surface area contributed by atoms with E-state index in [-0.39, 0.29) is 0 Å². The van der Waals surface area contributed by atoms with E-state index in [1.54, 1.807) is 36.4 Å². The fraction of sp³-hybridized carbons (Fsp3) is 0. The van der Waals surface area contributed by atoms with Crippen LogP contribution in [0.1, 0.15) is 11.3 Å². The number of cyclic esters (lactones) is 1. The van der Waals surface area contributed by atoms with Crippen LogP contribution in [0.2, 0.25) is 10.0 Å². The van der Waals surface area contributed by atoms with Crippen molar-refractivity contribution in [1.29, 1.82) is 0 Å². The lowest BCUT2D eigenvalue weighted by Gasteiger charge is -2.02. The van der Waals surface area contributed by atoms with E-state index in [4.69, 9.17) is 32.4 Å². The molecule has 27 heavy (non-hydrogen) atoms. The Morgan fingerprint density at radius 1 is 0.963 bits per heavy atom. The number of halogens is 3. The predicted octanol–water partition coefficient (Wildman–Crippen LogP) is 7.00. The molecule has 0 N–H and O–H groups in total. The zero-order chi connectivity index (χ0) is 19.0. The van der Waals surface area contributed by atoms with Crippen molar-refractivity contribution in [2.24, 2.45) is 0 Å². The first kappa shape index (κ1) is 18.1. The van der Waals surface area contributed by atoms with Gasteiger partial charge < -0.3 is 9.15 Å². The second-order valence-electron chi connectivity index (χ2n) is 5.81. The van der Waals surface area contributed by atoms with E-state index in [2.05, 4.69) is 15.9 Å². The summed E-state index contributed by atoms with van der Waals surface area (Å²) >= 11 is 15.7. The first-order valence-electron chi connectivity index (χ1n) is 7.97. The number of hydrogen-bond donors (Lipinski definition) is 0. The number of rotatable bonds is 3. The summed E-state index contributed by atoms with van der Waals surface area (Å²) < 4.78 is 12.1. The van der Waals surface area contributed by atoms with Gasteiger partial charge in [-0.05, 0) is 48.6 Å². The quantitative estimate of drug-likeness (QED) is 0.311. The maximum Gasteiger partial charge on any atom is 0.343 e. The Balaban J connectivity index is 1.64. The summed E-state index contributed by atoms with van der Waals surface area (Å²) in [5, 5.41) is 0.873. The smallest absolute Gasteiger partial charge is 0.343 e. The number of carbonyl (C=O) groups is 1. The van der Waals surface area contributed by atoms with Gasteiger partial charge in [-0.1, -0.05) is 57.3 Å². The molecule has 0 atom stereocenters. The molecule has 6 heteroatoms. The van der Waals surface area contributed by atoms with Gasteiger partial charge in [0.15, 0.2) is 0 Å². The molecule has 0 saturated heterocycles. The minimum Gasteiger partial charge on any atom is -0.457 e. The molecule has 0 aliphatic carbocycles. The zero-order valence-corrected chi connectivity index (χ0v) is 16.8. The number of carbonyl (C=O) groups excluding carboxylic acids is 1. The monoisotopic (exact) mass is 460 g/mol. The van der Waals surface area contributed by atoms with Gasteiger partial charge in [-0.15, -0.1) is 0 Å². The van der Waals surface area contributed by atoms with Crippen LogP contribution < -0.4 is 0 Å². The molecule has 0 amide bonds. The lowest BCUT2D eigenvalue weighted by atomic mass is 10.1. The van der Waals surface area contributed by atoms with Crippen molar-refractivity contribution in [3.05, 3.63) is 92.1 Å². The minimum absolute atomic E-state index is 0.408. The lowest BCUT2D eigenvalue weighted by Crippen LogP contribution is -1.96. The molecular weight excluding hydrogens is 451 g/mol. The molecule has 4 rings (SSSR count). The summed E-state index contributed by atoms with van der Waals surface area (Å²) in [6.45, 7) is 0. The van der Waals surface area contributed by atoms with Crippen LogP contribution in [0, 0.1) is 0 Å². The molecule has 1 aromatic heterocycles. The van der Waals surface area contributed by atoms with E-state index in [1.165, 1.54) is 0 Å². The van der Waals surface area contributed by atoms with Gasteiger partial charge in [-0.25, -0.2) is 4.79 Å². The third kappa shape index (κ3) is 3.74. The Labute approximate surface area is 174 Å². The van der Waals surface area contributed by atoms with Crippen LogP contribution in [-0.2, 0) is 9.53 Å². The minimum atomic E-state index is -0.424. The number of furan rings is 1. The Kier molecular flexibility index (Phi) is 4.96. The molecule has 134 valence electrons. The molecule has 0 saturated carbocycles. The molecular formula is C21H11BrCl2O3. The van der Waals surface area contributed by atoms with E-state index in [0.29, 0.717) is 38.5 Å². The van der Waals surface area contributed by atoms with E-state index in [9.17, 15) is 4.79 Å². The van der Waals surface area contributed by atoms with Gasteiger partial charge in [0.25, 0.3) is 0 Å². The summed E-state index contributed by atoms with van der Waals surface area (Å²) in [6, 6.07) is 16.4. The van der Waals surface area contributed by atoms with Gasteiger partial charge in [0.05, 0.1) is 15.6 Å². The summed E-state index contributed by atoms with van der Waals surface area (Å²) in [4.78, 5) is 12.2. The van der Waals surface area contributed by atoms with Crippen molar-refractivity contribution < 1.29 is 13.9 Å². The molecule has 2 aromatic carbocycles. The number of benzene rings is 2. The van der Waals surface area contributed by atoms with E-state index in [0.717, 1.165) is 10.0 Å². The maximum absolute atomic E-state index is 12.2. The molecule has 0 fully saturated rings. The topological polar surface area (TPSA) is 39.4 Å². The molecule has 0 bridgehead atoms. The lowest BCUT2D eigenvalue weighted by molar-refractivity contribution is -0.130. The SMILES string of the molecule is O=C1OC(c2ccc(Br)cc2)=C/C1=C/c1ccc(-c2cccc(Cl)c2Cl)o1. The Bertz CT molecular complexity index is 1090. The standard InChI is InChI=1S/C21H11BrCl2O3/c22-14-6-4-12(5-7-14)19-11-13(21(25)27-19)10-15-8-9-18(26-15)16-2-1-3-17(23)20(16)24/h1-11H/b13-10-. The molecule has 1 aliphatic heterocycles. The van der Waals surface area contributed by atoms with Gasteiger partial charge in [-0.3, -0.25) is 0 Å².